The summed E-state index contributed by atoms with van der Waals surface area (Å²) in [5.74, 6) is -0.159. The number of β-amino-alcohol motifs (C(OH)–C–C–N with tert-alkyl or cyclic N) is 1. The fourth-order valence-corrected chi connectivity index (χ4v) is 8.87. The van der Waals surface area contributed by atoms with Crippen molar-refractivity contribution in [1.29, 1.82) is 0 Å². The maximum Gasteiger partial charge on any atom is 0.410 e. The molecular weight excluding hydrogens is 760 g/mol. The smallest absolute Gasteiger partial charge is 0.410 e. The maximum absolute atomic E-state index is 14.0. The van der Waals surface area contributed by atoms with E-state index >= 15 is 0 Å². The first-order valence-electron chi connectivity index (χ1n) is 17.3. The molecular formula is C35H46Br2N6O6. The number of ether oxygens (including phenoxy) is 1. The molecule has 3 saturated heterocycles. The highest BCUT2D eigenvalue weighted by Crippen LogP contribution is 2.34. The lowest BCUT2D eigenvalue weighted by atomic mass is 10.0. The van der Waals surface area contributed by atoms with Crippen molar-refractivity contribution in [3.05, 3.63) is 56.5 Å². The van der Waals surface area contributed by atoms with E-state index in [1.54, 1.807) is 17.0 Å². The second-order valence-corrected chi connectivity index (χ2v) is 15.1. The van der Waals surface area contributed by atoms with Crippen molar-refractivity contribution in [3.8, 4) is 5.75 Å². The summed E-state index contributed by atoms with van der Waals surface area (Å²) >= 11 is 6.76. The standard InChI is InChI=1S/C35H46Br2N6O6/c36-28-21-24(22-29(37)32(28)45)23-31(33(46)41-17-15-40(16-18-41)26-6-10-39(11-7-26)19-20-44)49-35(48)42-12-8-27(9-13-42)43-14-5-25-3-1-2-4-30(25)38-34(43)47/h1-4,21-22,26-27,31,44-45H,5-20,23H2,(H,38,47)/t31-/m1/s1. The summed E-state index contributed by atoms with van der Waals surface area (Å²) in [6.45, 7) is 6.93. The van der Waals surface area contributed by atoms with Crippen molar-refractivity contribution in [2.24, 2.45) is 0 Å². The Kier molecular flexibility index (Phi) is 12.0. The van der Waals surface area contributed by atoms with Crippen molar-refractivity contribution in [1.82, 2.24) is 24.5 Å². The normalized spacial score (nSPS) is 20.8. The van der Waals surface area contributed by atoms with Gasteiger partial charge in [0, 0.05) is 76.5 Å². The number of likely N-dealkylation sites (tertiary alicyclic amines) is 2. The fourth-order valence-electron chi connectivity index (χ4n) is 7.58. The first-order chi connectivity index (χ1) is 23.7. The molecule has 3 N–H and O–H groups in total. The molecule has 0 unspecified atom stereocenters. The van der Waals surface area contributed by atoms with E-state index in [2.05, 4.69) is 47.0 Å². The van der Waals surface area contributed by atoms with E-state index in [0.29, 0.717) is 67.1 Å². The lowest BCUT2D eigenvalue weighted by Gasteiger charge is -2.43. The average molecular weight is 807 g/mol. The van der Waals surface area contributed by atoms with Crippen LogP contribution < -0.4 is 5.32 Å². The third-order valence-corrected chi connectivity index (χ3v) is 11.6. The molecule has 12 nitrogen and oxygen atoms in total. The zero-order valence-electron chi connectivity index (χ0n) is 27.7. The Morgan fingerprint density at radius 2 is 1.53 bits per heavy atom. The number of halogens is 2. The predicted molar refractivity (Wildman–Crippen MR) is 193 cm³/mol. The minimum absolute atomic E-state index is 0.000647. The Balaban J connectivity index is 1.07. The summed E-state index contributed by atoms with van der Waals surface area (Å²) in [5.41, 5.74) is 2.70. The number of piperidine rings is 2. The van der Waals surface area contributed by atoms with Crippen LogP contribution in [0.5, 0.6) is 5.75 Å². The molecule has 49 heavy (non-hydrogen) atoms. The number of carbonyl (C=O) groups excluding carboxylic acids is 3. The Bertz CT molecular complexity index is 1470. The number of aromatic hydroxyl groups is 1. The number of urea groups is 1. The molecule has 3 fully saturated rings. The first kappa shape index (κ1) is 35.9. The number of rotatable bonds is 8. The maximum atomic E-state index is 14.0. The predicted octanol–water partition coefficient (Wildman–Crippen LogP) is 4.12. The minimum atomic E-state index is -1.03. The Hall–Kier alpha value is -2.91. The number of phenolic OH excluding ortho intramolecular Hbond substituents is 1. The molecule has 6 rings (SSSR count). The number of amides is 4. The van der Waals surface area contributed by atoms with Crippen molar-refractivity contribution in [2.45, 2.75) is 56.7 Å². The quantitative estimate of drug-likeness (QED) is 0.364. The van der Waals surface area contributed by atoms with Crippen LogP contribution in [0.4, 0.5) is 15.3 Å². The molecule has 0 spiro atoms. The molecule has 4 heterocycles. The zero-order chi connectivity index (χ0) is 34.5. The summed E-state index contributed by atoms with van der Waals surface area (Å²) in [7, 11) is 0. The van der Waals surface area contributed by atoms with Crippen LogP contribution in [0, 0.1) is 0 Å². The van der Waals surface area contributed by atoms with E-state index < -0.39 is 12.2 Å². The van der Waals surface area contributed by atoms with Crippen molar-refractivity contribution < 1.29 is 29.3 Å². The Morgan fingerprint density at radius 1 is 0.878 bits per heavy atom. The van der Waals surface area contributed by atoms with Crippen LogP contribution in [-0.2, 0) is 22.4 Å². The highest BCUT2D eigenvalue weighted by atomic mass is 79.9. The number of para-hydroxylation sites is 1. The molecule has 2 aromatic carbocycles. The lowest BCUT2D eigenvalue weighted by molar-refractivity contribution is -0.143. The number of aliphatic hydroxyl groups excluding tert-OH is 1. The summed E-state index contributed by atoms with van der Waals surface area (Å²) < 4.78 is 7.00. The highest BCUT2D eigenvalue weighted by Gasteiger charge is 2.36. The molecule has 4 aliphatic rings. The number of aliphatic hydroxyl groups is 1. The van der Waals surface area contributed by atoms with Crippen LogP contribution in [0.2, 0.25) is 0 Å². The van der Waals surface area contributed by atoms with Gasteiger partial charge in [-0.25, -0.2) is 9.59 Å². The van der Waals surface area contributed by atoms with Gasteiger partial charge in [-0.15, -0.1) is 0 Å². The lowest BCUT2D eigenvalue weighted by Crippen LogP contribution is -2.56. The zero-order valence-corrected chi connectivity index (χ0v) is 30.9. The second-order valence-electron chi connectivity index (χ2n) is 13.4. The van der Waals surface area contributed by atoms with E-state index in [4.69, 9.17) is 4.74 Å². The number of carbonyl (C=O) groups is 3. The van der Waals surface area contributed by atoms with Crippen LogP contribution in [0.1, 0.15) is 36.8 Å². The van der Waals surface area contributed by atoms with Crippen molar-refractivity contribution in [3.63, 3.8) is 0 Å². The van der Waals surface area contributed by atoms with Gasteiger partial charge in [-0.3, -0.25) is 9.69 Å². The van der Waals surface area contributed by atoms with Gasteiger partial charge in [0.05, 0.1) is 15.6 Å². The molecule has 0 aliphatic carbocycles. The molecule has 2 aromatic rings. The van der Waals surface area contributed by atoms with Gasteiger partial charge in [0.2, 0.25) is 0 Å². The topological polar surface area (TPSA) is 129 Å². The summed E-state index contributed by atoms with van der Waals surface area (Å²) in [5, 5.41) is 22.6. The minimum Gasteiger partial charge on any atom is -0.506 e. The first-order valence-corrected chi connectivity index (χ1v) is 18.9. The largest absolute Gasteiger partial charge is 0.506 e. The average Bonchev–Trinajstić information content (AvgIpc) is 3.28. The van der Waals surface area contributed by atoms with E-state index in [0.717, 1.165) is 62.3 Å². The summed E-state index contributed by atoms with van der Waals surface area (Å²) in [4.78, 5) is 50.8. The van der Waals surface area contributed by atoms with Gasteiger partial charge in [-0.05, 0) is 106 Å². The molecule has 0 bridgehead atoms. The molecule has 4 amide bonds. The number of fused-ring (bicyclic) bond motifs is 1. The molecule has 4 aliphatic heterocycles. The Labute approximate surface area is 304 Å². The highest BCUT2D eigenvalue weighted by molar-refractivity contribution is 9.11. The van der Waals surface area contributed by atoms with Crippen LogP contribution in [0.25, 0.3) is 0 Å². The SMILES string of the molecule is O=C(O[C@H](Cc1cc(Br)c(O)c(Br)c1)C(=O)N1CCN(C2CCN(CCO)CC2)CC1)N1CCC(N2CCc3ccccc3NC2=O)CC1. The number of hydrogen-bond acceptors (Lipinski definition) is 8. The van der Waals surface area contributed by atoms with Gasteiger partial charge in [-0.2, -0.15) is 0 Å². The molecule has 14 heteroatoms. The third kappa shape index (κ3) is 8.70. The van der Waals surface area contributed by atoms with Crippen LogP contribution >= 0.6 is 31.9 Å². The Morgan fingerprint density at radius 3 is 2.20 bits per heavy atom. The van der Waals surface area contributed by atoms with Crippen LogP contribution in [0.3, 0.4) is 0 Å². The van der Waals surface area contributed by atoms with Gasteiger partial charge in [0.25, 0.3) is 5.91 Å². The monoisotopic (exact) mass is 804 g/mol. The molecule has 0 radical (unpaired) electrons. The van der Waals surface area contributed by atoms with E-state index in [-0.39, 0.29) is 36.8 Å². The molecule has 0 saturated carbocycles. The van der Waals surface area contributed by atoms with Gasteiger partial charge in [-0.1, -0.05) is 18.2 Å². The summed E-state index contributed by atoms with van der Waals surface area (Å²) in [6, 6.07) is 11.7. The number of nitrogens with zero attached hydrogens (tertiary/aromatic N) is 5. The number of hydrogen-bond donors (Lipinski definition) is 3. The number of piperazine rings is 1. The second kappa shape index (κ2) is 16.4. The molecule has 1 atom stereocenters. The van der Waals surface area contributed by atoms with E-state index in [9.17, 15) is 24.6 Å². The van der Waals surface area contributed by atoms with Crippen LogP contribution in [0.15, 0.2) is 45.3 Å². The fraction of sp³-hybridized carbons (Fsp3) is 0.571. The number of phenols is 1. The van der Waals surface area contributed by atoms with Gasteiger partial charge >= 0.3 is 12.1 Å². The third-order valence-electron chi connectivity index (χ3n) is 10.4. The number of nitrogens with one attached hydrogen (secondary N) is 1. The van der Waals surface area contributed by atoms with Gasteiger partial charge in [0.15, 0.2) is 6.10 Å². The van der Waals surface area contributed by atoms with E-state index in [1.807, 2.05) is 34.1 Å². The van der Waals surface area contributed by atoms with Crippen LogP contribution in [-0.4, -0.2) is 143 Å². The van der Waals surface area contributed by atoms with E-state index in [1.165, 1.54) is 0 Å². The summed E-state index contributed by atoms with van der Waals surface area (Å²) in [6.07, 6.45) is 2.70. The molecule has 0 aromatic heterocycles. The number of benzene rings is 2. The van der Waals surface area contributed by atoms with Gasteiger partial charge < -0.3 is 39.9 Å². The number of anilines is 1. The van der Waals surface area contributed by atoms with Gasteiger partial charge in [0.1, 0.15) is 5.75 Å². The van der Waals surface area contributed by atoms with Crippen molar-refractivity contribution >= 4 is 55.6 Å². The van der Waals surface area contributed by atoms with Crippen molar-refractivity contribution in [2.75, 3.05) is 77.4 Å². The molecule has 266 valence electrons.